The van der Waals surface area contributed by atoms with Crippen LogP contribution in [0.15, 0.2) is 0 Å². The molecular weight excluding hydrogens is 167 g/mol. The molecule has 1 unspecified atom stereocenters. The molecular formula is C4H11NaO4S. The predicted molar refractivity (Wildman–Crippen MR) is 39.6 cm³/mol. The fourth-order valence-electron chi connectivity index (χ4n) is 0. The smallest absolute Gasteiger partial charge is 0.264 e. The third-order valence-electron chi connectivity index (χ3n) is 0.816. The summed E-state index contributed by atoms with van der Waals surface area (Å²) < 4.78 is 32.6. The van der Waals surface area contributed by atoms with E-state index < -0.39 is 10.4 Å². The monoisotopic (exact) mass is 178 g/mol. The number of hydrogen-bond donors (Lipinski definition) is 2. The molecule has 0 fully saturated rings. The molecule has 58 valence electrons. The van der Waals surface area contributed by atoms with Crippen LogP contribution in [0, 0.1) is 0 Å². The largest absolute Gasteiger partial charge is 0.394 e. The fraction of sp³-hybridized carbons (Fsp3) is 1.00. The summed E-state index contributed by atoms with van der Waals surface area (Å²) >= 11 is 1.37. The Morgan fingerprint density at radius 3 is 1.60 bits per heavy atom. The van der Waals surface area contributed by atoms with Gasteiger partial charge in [0.2, 0.25) is 0 Å². The molecule has 0 spiro atoms. The Kier molecular flexibility index (Phi) is 8.85. The van der Waals surface area contributed by atoms with Crippen molar-refractivity contribution < 1.29 is 17.5 Å². The second-order valence-corrected chi connectivity index (χ2v) is 5.12. The van der Waals surface area contributed by atoms with Crippen molar-refractivity contribution in [3.8, 4) is 0 Å². The van der Waals surface area contributed by atoms with Gasteiger partial charge in [-0.25, -0.2) is 0 Å². The Hall–Kier alpha value is 0.870. The van der Waals surface area contributed by atoms with E-state index in [1.807, 2.05) is 0 Å². The first kappa shape index (κ1) is 13.5. The summed E-state index contributed by atoms with van der Waals surface area (Å²) in [5.74, 6) is 0. The summed E-state index contributed by atoms with van der Waals surface area (Å²) in [6.45, 7) is 4.52. The molecule has 0 aliphatic carbocycles. The molecule has 4 nitrogen and oxygen atoms in total. The van der Waals surface area contributed by atoms with Crippen LogP contribution in [0.1, 0.15) is 20.3 Å². The molecule has 0 aromatic heterocycles. The van der Waals surface area contributed by atoms with E-state index in [0.29, 0.717) is 0 Å². The molecule has 2 N–H and O–H groups in total. The van der Waals surface area contributed by atoms with Gasteiger partial charge in [-0.05, 0) is 0 Å². The molecule has 0 aromatic carbocycles. The first-order chi connectivity index (χ1) is 4.27. The van der Waals surface area contributed by atoms with E-state index >= 15 is 0 Å². The van der Waals surface area contributed by atoms with Crippen molar-refractivity contribution in [2.24, 2.45) is 0 Å². The average Bonchev–Trinajstić information content (AvgIpc) is 1.61. The van der Waals surface area contributed by atoms with Crippen LogP contribution < -0.4 is 0 Å². The Bertz CT molecular complexity index is 143. The van der Waals surface area contributed by atoms with E-state index in [1.54, 1.807) is 0 Å². The van der Waals surface area contributed by atoms with Gasteiger partial charge in [0.1, 0.15) is 0 Å². The zero-order valence-corrected chi connectivity index (χ0v) is 9.22. The molecule has 0 rings (SSSR count). The van der Waals surface area contributed by atoms with E-state index in [9.17, 15) is 0 Å². The second-order valence-electron chi connectivity index (χ2n) is 2.25. The van der Waals surface area contributed by atoms with Gasteiger partial charge in [-0.3, -0.25) is 9.11 Å². The molecule has 10 heavy (non-hydrogen) atoms. The van der Waals surface area contributed by atoms with Gasteiger partial charge in [0.05, 0.1) is 0 Å². The van der Waals surface area contributed by atoms with Gasteiger partial charge in [0.25, 0.3) is 0 Å². The van der Waals surface area contributed by atoms with Crippen LogP contribution in [0.2, 0.25) is 3.17 Å². The molecule has 0 radical (unpaired) electrons. The normalized spacial score (nSPS) is 13.4. The van der Waals surface area contributed by atoms with Crippen molar-refractivity contribution in [3.05, 3.63) is 0 Å². The summed E-state index contributed by atoms with van der Waals surface area (Å²) in [6.07, 6.45) is 1.37. The Balaban J connectivity index is 0. The quantitative estimate of drug-likeness (QED) is 0.458. The average molecular weight is 178 g/mol. The molecule has 0 bridgehead atoms. The third-order valence-corrected chi connectivity index (χ3v) is 1.63. The SMILES string of the molecule is CC[CH](C)[Na].O=S(=O)(O)O. The summed E-state index contributed by atoms with van der Waals surface area (Å²) in [7, 11) is -4.67. The Labute approximate surface area is 79.0 Å². The first-order valence-corrected chi connectivity index (χ1v) is 5.52. The zero-order chi connectivity index (χ0) is 8.78. The second kappa shape index (κ2) is 6.57. The Morgan fingerprint density at radius 1 is 1.50 bits per heavy atom. The van der Waals surface area contributed by atoms with Gasteiger partial charge in [-0.1, -0.05) is 0 Å². The molecule has 0 heterocycles. The van der Waals surface area contributed by atoms with Crippen LogP contribution in [0.4, 0.5) is 0 Å². The van der Waals surface area contributed by atoms with Gasteiger partial charge >= 0.3 is 61.8 Å². The molecule has 6 heteroatoms. The third kappa shape index (κ3) is 66.7. The zero-order valence-electron chi connectivity index (χ0n) is 6.40. The minimum atomic E-state index is -4.67. The summed E-state index contributed by atoms with van der Waals surface area (Å²) in [5.41, 5.74) is 0. The van der Waals surface area contributed by atoms with E-state index in [0.717, 1.165) is 3.17 Å². The van der Waals surface area contributed by atoms with Crippen LogP contribution in [-0.2, 0) is 10.4 Å². The van der Waals surface area contributed by atoms with Crippen molar-refractivity contribution in [1.29, 1.82) is 0 Å². The topological polar surface area (TPSA) is 74.6 Å². The molecule has 0 saturated heterocycles. The summed E-state index contributed by atoms with van der Waals surface area (Å²) in [5, 5.41) is 0. The van der Waals surface area contributed by atoms with E-state index in [1.165, 1.54) is 34.4 Å². The molecule has 1 atom stereocenters. The van der Waals surface area contributed by atoms with Crippen LogP contribution >= 0.6 is 0 Å². The minimum Gasteiger partial charge on any atom is -0.264 e. The number of hydrogen-bond acceptors (Lipinski definition) is 2. The van der Waals surface area contributed by atoms with Gasteiger partial charge in [-0.15, -0.1) is 0 Å². The van der Waals surface area contributed by atoms with Crippen LogP contribution in [0.3, 0.4) is 0 Å². The van der Waals surface area contributed by atoms with Crippen LogP contribution in [0.5, 0.6) is 0 Å². The van der Waals surface area contributed by atoms with Gasteiger partial charge in [0.15, 0.2) is 0 Å². The van der Waals surface area contributed by atoms with E-state index in [4.69, 9.17) is 17.5 Å². The molecule has 0 aliphatic heterocycles. The van der Waals surface area contributed by atoms with Crippen molar-refractivity contribution >= 4 is 38.3 Å². The van der Waals surface area contributed by atoms with Crippen molar-refractivity contribution in [3.63, 3.8) is 0 Å². The maximum Gasteiger partial charge on any atom is 0.394 e. The first-order valence-electron chi connectivity index (χ1n) is 2.97. The predicted octanol–water partition coefficient (Wildman–Crippen LogP) is 0.720. The van der Waals surface area contributed by atoms with Crippen molar-refractivity contribution in [2.75, 3.05) is 0 Å². The standard InChI is InChI=1S/C4H9.Na.H2O4S/c1-3-4-2;;1-5(2,3)4/h3H,4H2,1-2H3;;(H2,1,2,3,4). The van der Waals surface area contributed by atoms with Gasteiger partial charge in [0, 0.05) is 0 Å². The maximum atomic E-state index is 8.74. The van der Waals surface area contributed by atoms with Crippen molar-refractivity contribution in [1.82, 2.24) is 0 Å². The van der Waals surface area contributed by atoms with E-state index in [2.05, 4.69) is 13.8 Å². The summed E-state index contributed by atoms with van der Waals surface area (Å²) in [6, 6.07) is 0. The maximum absolute atomic E-state index is 8.74. The Morgan fingerprint density at radius 2 is 1.60 bits per heavy atom. The van der Waals surface area contributed by atoms with Crippen LogP contribution in [-0.4, -0.2) is 45.5 Å². The van der Waals surface area contributed by atoms with Gasteiger partial charge in [-0.2, -0.15) is 8.42 Å². The van der Waals surface area contributed by atoms with Gasteiger partial charge < -0.3 is 0 Å². The van der Waals surface area contributed by atoms with Crippen molar-refractivity contribution in [2.45, 2.75) is 23.4 Å². The molecule has 0 saturated carbocycles. The van der Waals surface area contributed by atoms with E-state index in [-0.39, 0.29) is 0 Å². The molecule has 0 aliphatic rings. The minimum absolute atomic E-state index is 1.02. The molecule has 0 amide bonds. The van der Waals surface area contributed by atoms with Crippen LogP contribution in [0.25, 0.3) is 0 Å². The summed E-state index contributed by atoms with van der Waals surface area (Å²) in [4.78, 5) is 0. The molecule has 0 aromatic rings. The number of rotatable bonds is 1. The fourth-order valence-corrected chi connectivity index (χ4v) is 0.